The highest BCUT2D eigenvalue weighted by Gasteiger charge is 2.37. The summed E-state index contributed by atoms with van der Waals surface area (Å²) in [6.45, 7) is 14.3. The first-order valence-corrected chi connectivity index (χ1v) is 11.5. The normalized spacial score (nSPS) is 19.9. The lowest BCUT2D eigenvalue weighted by Crippen LogP contribution is -2.39. The fraction of sp³-hybridized carbons (Fsp3) is 0.379. The molecule has 4 rings (SSSR count). The van der Waals surface area contributed by atoms with Crippen LogP contribution in [0.5, 0.6) is 0 Å². The minimum absolute atomic E-state index is 0.0452. The molecule has 1 aromatic carbocycles. The van der Waals surface area contributed by atoms with Crippen LogP contribution >= 0.6 is 0 Å². The predicted molar refractivity (Wildman–Crippen MR) is 133 cm³/mol. The summed E-state index contributed by atoms with van der Waals surface area (Å²) < 4.78 is 6.08. The van der Waals surface area contributed by atoms with Gasteiger partial charge in [0.1, 0.15) is 29.2 Å². The molecule has 0 N–H and O–H groups in total. The number of benzene rings is 1. The van der Waals surface area contributed by atoms with Crippen LogP contribution < -0.4 is 4.90 Å². The van der Waals surface area contributed by atoms with Crippen molar-refractivity contribution in [1.82, 2.24) is 0 Å². The zero-order chi connectivity index (χ0) is 24.0. The maximum atomic E-state index is 9.34. The molecule has 0 fully saturated rings. The Morgan fingerprint density at radius 1 is 1.06 bits per heavy atom. The number of hydrogen-bond donors (Lipinski definition) is 0. The summed E-state index contributed by atoms with van der Waals surface area (Å²) in [6.07, 6.45) is 13.2. The van der Waals surface area contributed by atoms with Gasteiger partial charge in [0.05, 0.1) is 0 Å². The molecule has 0 amide bonds. The van der Waals surface area contributed by atoms with Crippen molar-refractivity contribution in [2.75, 3.05) is 11.4 Å². The monoisotopic (exact) mass is 437 g/mol. The Morgan fingerprint density at radius 3 is 2.42 bits per heavy atom. The smallest absolute Gasteiger partial charge is 0.137 e. The summed E-state index contributed by atoms with van der Waals surface area (Å²) in [7, 11) is 0. The molecule has 0 aliphatic carbocycles. The second kappa shape index (κ2) is 8.13. The number of allylic oxidation sites excluding steroid dienone is 7. The van der Waals surface area contributed by atoms with E-state index in [1.807, 2.05) is 32.1 Å². The predicted octanol–water partition coefficient (Wildman–Crippen LogP) is 6.79. The molecule has 3 aliphatic rings. The van der Waals surface area contributed by atoms with Gasteiger partial charge in [-0.25, -0.2) is 0 Å². The van der Waals surface area contributed by atoms with Gasteiger partial charge in [0.2, 0.25) is 0 Å². The lowest BCUT2D eigenvalue weighted by Gasteiger charge is -2.45. The van der Waals surface area contributed by atoms with E-state index in [1.54, 1.807) is 12.2 Å². The van der Waals surface area contributed by atoms with Crippen LogP contribution in [0.1, 0.15) is 64.7 Å². The van der Waals surface area contributed by atoms with Gasteiger partial charge < -0.3 is 9.64 Å². The maximum absolute atomic E-state index is 9.34. The number of nitriles is 2. The van der Waals surface area contributed by atoms with E-state index in [0.29, 0.717) is 11.3 Å². The Hall–Kier alpha value is -3.50. The van der Waals surface area contributed by atoms with Crippen LogP contribution in [-0.4, -0.2) is 6.54 Å². The Labute approximate surface area is 197 Å². The number of rotatable bonds is 3. The largest absolute Gasteiger partial charge is 0.461 e. The molecule has 0 saturated heterocycles. The van der Waals surface area contributed by atoms with Crippen molar-refractivity contribution in [3.63, 3.8) is 0 Å². The standard InChI is InChI=1S/C29H31N3O/c1-19(2)26-16-21(22(17-30)18-31)15-23(33-26)8-7-20-13-24-27-25(14-20)29(5,6)10-12-32(27)11-9-28(24,3)4/h7-9,11,13-16,19H,10,12H2,1-6H3. The molecule has 0 atom stereocenters. The zero-order valence-corrected chi connectivity index (χ0v) is 20.4. The summed E-state index contributed by atoms with van der Waals surface area (Å²) in [4.78, 5) is 2.39. The van der Waals surface area contributed by atoms with E-state index >= 15 is 0 Å². The molecule has 0 unspecified atom stereocenters. The topological polar surface area (TPSA) is 60.0 Å². The van der Waals surface area contributed by atoms with E-state index < -0.39 is 0 Å². The second-order valence-corrected chi connectivity index (χ2v) is 10.6. The van der Waals surface area contributed by atoms with E-state index in [2.05, 4.69) is 63.1 Å². The molecule has 1 aromatic rings. The first-order valence-electron chi connectivity index (χ1n) is 11.5. The molecule has 33 heavy (non-hydrogen) atoms. The Kier molecular flexibility index (Phi) is 5.59. The molecular weight excluding hydrogens is 406 g/mol. The van der Waals surface area contributed by atoms with Crippen molar-refractivity contribution in [1.29, 1.82) is 10.5 Å². The summed E-state index contributed by atoms with van der Waals surface area (Å²) >= 11 is 0. The SMILES string of the molecule is CC(C)C1=CC(=C(C#N)C#N)C=C(C=Cc2cc3c4c(c2)C(C)(C)CCN4C=CC3(C)C)O1. The van der Waals surface area contributed by atoms with Crippen molar-refractivity contribution >= 4 is 11.8 Å². The molecule has 0 radical (unpaired) electrons. The van der Waals surface area contributed by atoms with Gasteiger partial charge >= 0.3 is 0 Å². The van der Waals surface area contributed by atoms with E-state index in [-0.39, 0.29) is 22.3 Å². The zero-order valence-electron chi connectivity index (χ0n) is 20.4. The molecular formula is C29H31N3O. The minimum atomic E-state index is -0.0452. The van der Waals surface area contributed by atoms with Crippen LogP contribution in [0.2, 0.25) is 0 Å². The van der Waals surface area contributed by atoms with Gasteiger partial charge in [0, 0.05) is 35.3 Å². The van der Waals surface area contributed by atoms with E-state index in [0.717, 1.165) is 24.3 Å². The van der Waals surface area contributed by atoms with Gasteiger partial charge in [0.15, 0.2) is 0 Å². The molecule has 0 bridgehead atoms. The van der Waals surface area contributed by atoms with Crippen LogP contribution in [0.3, 0.4) is 0 Å². The molecule has 3 aliphatic heterocycles. The summed E-state index contributed by atoms with van der Waals surface area (Å²) in [6, 6.07) is 8.56. The fourth-order valence-electron chi connectivity index (χ4n) is 4.62. The summed E-state index contributed by atoms with van der Waals surface area (Å²) in [5, 5.41) is 18.7. The molecule has 168 valence electrons. The van der Waals surface area contributed by atoms with Gasteiger partial charge in [-0.05, 0) is 58.9 Å². The molecule has 4 nitrogen and oxygen atoms in total. The van der Waals surface area contributed by atoms with Crippen LogP contribution in [0, 0.1) is 28.6 Å². The summed E-state index contributed by atoms with van der Waals surface area (Å²) in [5.41, 5.74) is 5.94. The van der Waals surface area contributed by atoms with Gasteiger partial charge in [0.25, 0.3) is 0 Å². The third-order valence-electron chi connectivity index (χ3n) is 6.84. The molecule has 0 saturated carbocycles. The van der Waals surface area contributed by atoms with Crippen molar-refractivity contribution in [3.05, 3.63) is 82.0 Å². The third kappa shape index (κ3) is 4.14. The lowest BCUT2D eigenvalue weighted by molar-refractivity contribution is 0.275. The average Bonchev–Trinajstić information content (AvgIpc) is 2.77. The van der Waals surface area contributed by atoms with Crippen LogP contribution in [-0.2, 0) is 15.6 Å². The van der Waals surface area contributed by atoms with Crippen molar-refractivity contribution < 1.29 is 4.74 Å². The Morgan fingerprint density at radius 2 is 1.76 bits per heavy atom. The molecule has 0 spiro atoms. The van der Waals surface area contributed by atoms with Crippen LogP contribution in [0.15, 0.2) is 65.3 Å². The molecule has 0 aromatic heterocycles. The summed E-state index contributed by atoms with van der Waals surface area (Å²) in [5.74, 6) is 1.52. The van der Waals surface area contributed by atoms with Gasteiger partial charge in [-0.15, -0.1) is 0 Å². The fourth-order valence-corrected chi connectivity index (χ4v) is 4.62. The van der Waals surface area contributed by atoms with Gasteiger partial charge in [-0.3, -0.25) is 0 Å². The van der Waals surface area contributed by atoms with Crippen molar-refractivity contribution in [2.45, 2.75) is 58.8 Å². The minimum Gasteiger partial charge on any atom is -0.461 e. The highest BCUT2D eigenvalue weighted by molar-refractivity contribution is 5.74. The Bertz CT molecular complexity index is 1220. The van der Waals surface area contributed by atoms with Crippen LogP contribution in [0.25, 0.3) is 6.08 Å². The quantitative estimate of drug-likeness (QED) is 0.488. The maximum Gasteiger partial charge on any atom is 0.137 e. The lowest BCUT2D eigenvalue weighted by atomic mass is 9.71. The van der Waals surface area contributed by atoms with Crippen molar-refractivity contribution in [3.8, 4) is 12.1 Å². The second-order valence-electron chi connectivity index (χ2n) is 10.6. The van der Waals surface area contributed by atoms with Gasteiger partial charge in [-0.1, -0.05) is 53.7 Å². The highest BCUT2D eigenvalue weighted by Crippen LogP contribution is 2.48. The third-order valence-corrected chi connectivity index (χ3v) is 6.84. The van der Waals surface area contributed by atoms with E-state index in [4.69, 9.17) is 4.74 Å². The van der Waals surface area contributed by atoms with Crippen molar-refractivity contribution in [2.24, 2.45) is 5.92 Å². The number of anilines is 1. The van der Waals surface area contributed by atoms with E-state index in [1.165, 1.54) is 16.8 Å². The number of hydrogen-bond acceptors (Lipinski definition) is 4. The Balaban J connectivity index is 1.78. The average molecular weight is 438 g/mol. The number of ether oxygens (including phenoxy) is 1. The van der Waals surface area contributed by atoms with E-state index in [9.17, 15) is 10.5 Å². The molecule has 3 heterocycles. The van der Waals surface area contributed by atoms with Crippen LogP contribution in [0.4, 0.5) is 5.69 Å². The number of nitrogens with zero attached hydrogens (tertiary/aromatic N) is 3. The highest BCUT2D eigenvalue weighted by atomic mass is 16.5. The van der Waals surface area contributed by atoms with Gasteiger partial charge in [-0.2, -0.15) is 10.5 Å². The first kappa shape index (κ1) is 22.7. The molecule has 4 heteroatoms. The first-order chi connectivity index (χ1) is 15.6.